The van der Waals surface area contributed by atoms with Crippen LogP contribution in [0.1, 0.15) is 32.1 Å². The maximum Gasteiger partial charge on any atom is 0.221 e. The van der Waals surface area contributed by atoms with Crippen LogP contribution in [0.3, 0.4) is 0 Å². The minimum atomic E-state index is -2.97. The number of sulfone groups is 1. The van der Waals surface area contributed by atoms with Gasteiger partial charge in [0.2, 0.25) is 5.91 Å². The molecule has 120 valence electrons. The number of rotatable bonds is 3. The van der Waals surface area contributed by atoms with Crippen LogP contribution in [-0.4, -0.2) is 68.5 Å². The van der Waals surface area contributed by atoms with E-state index < -0.39 is 9.84 Å². The number of amides is 1. The highest BCUT2D eigenvalue weighted by atomic mass is 32.2. The van der Waals surface area contributed by atoms with Gasteiger partial charge in [-0.2, -0.15) is 0 Å². The summed E-state index contributed by atoms with van der Waals surface area (Å²) in [6.45, 7) is 2.69. The Labute approximate surface area is 126 Å². The summed E-state index contributed by atoms with van der Waals surface area (Å²) < 4.78 is 23.2. The number of carbonyl (C=O) groups excluding carboxylic acids is 1. The van der Waals surface area contributed by atoms with Crippen molar-refractivity contribution in [3.63, 3.8) is 0 Å². The zero-order valence-corrected chi connectivity index (χ0v) is 13.2. The number of nitrogens with zero attached hydrogens (tertiary/aromatic N) is 1. The highest BCUT2D eigenvalue weighted by molar-refractivity contribution is 7.91. The third-order valence-electron chi connectivity index (χ3n) is 4.94. The van der Waals surface area contributed by atoms with E-state index in [2.05, 4.69) is 15.5 Å². The fourth-order valence-electron chi connectivity index (χ4n) is 3.90. The summed E-state index contributed by atoms with van der Waals surface area (Å²) in [5, 5.41) is 6.27. The Morgan fingerprint density at radius 3 is 2.90 bits per heavy atom. The van der Waals surface area contributed by atoms with Crippen molar-refractivity contribution < 1.29 is 13.2 Å². The molecule has 0 bridgehead atoms. The fourth-order valence-corrected chi connectivity index (χ4v) is 5.35. The van der Waals surface area contributed by atoms with Gasteiger partial charge in [0.05, 0.1) is 11.5 Å². The zero-order valence-electron chi connectivity index (χ0n) is 12.4. The minimum absolute atomic E-state index is 0.0120. The number of fused-ring (bicyclic) bond motifs is 1. The molecule has 3 atom stereocenters. The van der Waals surface area contributed by atoms with Crippen LogP contribution >= 0.6 is 0 Å². The zero-order chi connectivity index (χ0) is 14.9. The van der Waals surface area contributed by atoms with Crippen LogP contribution in [-0.2, 0) is 14.6 Å². The molecule has 21 heavy (non-hydrogen) atoms. The van der Waals surface area contributed by atoms with Gasteiger partial charge in [0.1, 0.15) is 0 Å². The van der Waals surface area contributed by atoms with Crippen LogP contribution in [0, 0.1) is 0 Å². The molecule has 3 aliphatic rings. The van der Waals surface area contributed by atoms with Crippen molar-refractivity contribution in [2.45, 2.75) is 50.2 Å². The van der Waals surface area contributed by atoms with Crippen molar-refractivity contribution in [3.05, 3.63) is 0 Å². The first kappa shape index (κ1) is 15.2. The predicted octanol–water partition coefficient (Wildman–Crippen LogP) is -0.494. The molecule has 0 aromatic carbocycles. The Hall–Kier alpha value is -0.660. The third kappa shape index (κ3) is 3.76. The maximum absolute atomic E-state index is 12.2. The predicted molar refractivity (Wildman–Crippen MR) is 80.8 cm³/mol. The lowest BCUT2D eigenvalue weighted by atomic mass is 9.99. The normalized spacial score (nSPS) is 36.1. The van der Waals surface area contributed by atoms with E-state index in [9.17, 15) is 13.2 Å². The average Bonchev–Trinajstić information content (AvgIpc) is 2.81. The number of piperidine rings is 1. The van der Waals surface area contributed by atoms with E-state index in [4.69, 9.17) is 0 Å². The van der Waals surface area contributed by atoms with Crippen molar-refractivity contribution in [2.75, 3.05) is 31.1 Å². The Morgan fingerprint density at radius 2 is 2.10 bits per heavy atom. The van der Waals surface area contributed by atoms with Gasteiger partial charge in [0.15, 0.2) is 9.84 Å². The summed E-state index contributed by atoms with van der Waals surface area (Å²) in [6.07, 6.45) is 4.97. The maximum atomic E-state index is 12.2. The Kier molecular flexibility index (Phi) is 4.51. The summed E-state index contributed by atoms with van der Waals surface area (Å²) in [7, 11) is -2.97. The van der Waals surface area contributed by atoms with Crippen molar-refractivity contribution in [1.82, 2.24) is 15.5 Å². The van der Waals surface area contributed by atoms with Gasteiger partial charge in [-0.25, -0.2) is 8.42 Å². The number of hydrogen-bond donors (Lipinski definition) is 2. The average molecular weight is 315 g/mol. The molecule has 2 N–H and O–H groups in total. The highest BCUT2D eigenvalue weighted by Gasteiger charge is 2.36. The van der Waals surface area contributed by atoms with E-state index in [-0.39, 0.29) is 35.9 Å². The molecule has 0 radical (unpaired) electrons. The summed E-state index contributed by atoms with van der Waals surface area (Å²) in [5.74, 6) is 0.257. The molecule has 6 nitrogen and oxygen atoms in total. The molecule has 3 heterocycles. The van der Waals surface area contributed by atoms with Crippen LogP contribution in [0.15, 0.2) is 0 Å². The molecule has 1 amide bonds. The van der Waals surface area contributed by atoms with Gasteiger partial charge in [-0.1, -0.05) is 6.42 Å². The molecule has 0 saturated carbocycles. The first-order valence-electron chi connectivity index (χ1n) is 8.01. The van der Waals surface area contributed by atoms with Gasteiger partial charge >= 0.3 is 0 Å². The second-order valence-corrected chi connectivity index (χ2v) is 8.76. The molecule has 0 spiro atoms. The van der Waals surface area contributed by atoms with Crippen molar-refractivity contribution >= 4 is 15.7 Å². The highest BCUT2D eigenvalue weighted by Crippen LogP contribution is 2.27. The van der Waals surface area contributed by atoms with E-state index >= 15 is 0 Å². The lowest BCUT2D eigenvalue weighted by Gasteiger charge is -2.33. The monoisotopic (exact) mass is 315 g/mol. The molecule has 3 unspecified atom stereocenters. The summed E-state index contributed by atoms with van der Waals surface area (Å²) in [6, 6.07) is 0.511. The van der Waals surface area contributed by atoms with E-state index in [1.54, 1.807) is 0 Å². The van der Waals surface area contributed by atoms with Crippen molar-refractivity contribution in [2.24, 2.45) is 0 Å². The minimum Gasteiger partial charge on any atom is -0.352 e. The summed E-state index contributed by atoms with van der Waals surface area (Å²) in [5.41, 5.74) is 0. The van der Waals surface area contributed by atoms with Crippen LogP contribution in [0.5, 0.6) is 0 Å². The third-order valence-corrected chi connectivity index (χ3v) is 6.67. The molecule has 0 aromatic rings. The first-order chi connectivity index (χ1) is 10.0. The molecule has 7 heteroatoms. The summed E-state index contributed by atoms with van der Waals surface area (Å²) >= 11 is 0. The lowest BCUT2D eigenvalue weighted by molar-refractivity contribution is -0.122. The number of hydrogen-bond acceptors (Lipinski definition) is 5. The summed E-state index contributed by atoms with van der Waals surface area (Å²) in [4.78, 5) is 14.7. The Balaban J connectivity index is 1.50. The first-order valence-corrected chi connectivity index (χ1v) is 9.83. The fraction of sp³-hybridized carbons (Fsp3) is 0.929. The van der Waals surface area contributed by atoms with Gasteiger partial charge in [0, 0.05) is 37.6 Å². The topological polar surface area (TPSA) is 78.5 Å². The van der Waals surface area contributed by atoms with Crippen LogP contribution in [0.2, 0.25) is 0 Å². The van der Waals surface area contributed by atoms with Crippen LogP contribution in [0.4, 0.5) is 0 Å². The number of nitrogens with one attached hydrogen (secondary N) is 2. The van der Waals surface area contributed by atoms with Crippen LogP contribution < -0.4 is 10.6 Å². The molecule has 3 fully saturated rings. The lowest BCUT2D eigenvalue weighted by Crippen LogP contribution is -2.50. The van der Waals surface area contributed by atoms with Gasteiger partial charge in [-0.15, -0.1) is 0 Å². The standard InChI is InChI=1S/C14H25N3O3S/c18-14(9-11-10-21(19,20)8-5-15-11)16-12-4-7-17-6-2-1-3-13(12)17/h11-13,15H,1-10H2,(H,16,18). The second kappa shape index (κ2) is 6.22. The van der Waals surface area contributed by atoms with Gasteiger partial charge in [-0.3, -0.25) is 9.69 Å². The molecule has 3 rings (SSSR count). The largest absolute Gasteiger partial charge is 0.352 e. The van der Waals surface area contributed by atoms with E-state index in [0.717, 1.165) is 19.5 Å². The number of carbonyl (C=O) groups is 1. The molecule has 0 aliphatic carbocycles. The van der Waals surface area contributed by atoms with Gasteiger partial charge < -0.3 is 10.6 Å². The van der Waals surface area contributed by atoms with E-state index in [1.165, 1.54) is 19.3 Å². The molecule has 3 saturated heterocycles. The van der Waals surface area contributed by atoms with Crippen molar-refractivity contribution in [1.29, 1.82) is 0 Å². The Morgan fingerprint density at radius 1 is 1.24 bits per heavy atom. The molecule has 0 aromatic heterocycles. The van der Waals surface area contributed by atoms with Crippen molar-refractivity contribution in [3.8, 4) is 0 Å². The smallest absolute Gasteiger partial charge is 0.221 e. The van der Waals surface area contributed by atoms with Gasteiger partial charge in [0.25, 0.3) is 0 Å². The van der Waals surface area contributed by atoms with E-state index in [1.807, 2.05) is 0 Å². The molecular formula is C14H25N3O3S. The molecular weight excluding hydrogens is 290 g/mol. The quantitative estimate of drug-likeness (QED) is 0.734. The SMILES string of the molecule is O=C(CC1CS(=O)(=O)CCN1)NC1CCN2CCCCC12. The van der Waals surface area contributed by atoms with Gasteiger partial charge in [-0.05, 0) is 25.8 Å². The van der Waals surface area contributed by atoms with E-state index in [0.29, 0.717) is 12.6 Å². The second-order valence-electron chi connectivity index (χ2n) is 6.53. The Bertz CT molecular complexity index is 494. The molecule has 3 aliphatic heterocycles. The van der Waals surface area contributed by atoms with Crippen LogP contribution in [0.25, 0.3) is 0 Å².